The molecular formula is C22H18N4O2. The summed E-state index contributed by atoms with van der Waals surface area (Å²) < 4.78 is 3.17. The van der Waals surface area contributed by atoms with E-state index >= 15 is 0 Å². The molecule has 0 aliphatic heterocycles. The Hall–Kier alpha value is -3.54. The lowest BCUT2D eigenvalue weighted by atomic mass is 10.0. The van der Waals surface area contributed by atoms with E-state index < -0.39 is 6.04 Å². The molecule has 28 heavy (non-hydrogen) atoms. The Kier molecular flexibility index (Phi) is 3.90. The van der Waals surface area contributed by atoms with Crippen LogP contribution in [0.1, 0.15) is 25.3 Å². The fourth-order valence-electron chi connectivity index (χ4n) is 3.89. The van der Waals surface area contributed by atoms with Gasteiger partial charge < -0.3 is 0 Å². The highest BCUT2D eigenvalue weighted by atomic mass is 16.1. The van der Waals surface area contributed by atoms with Crippen LogP contribution in [0.15, 0.2) is 71.7 Å². The molecular weight excluding hydrogens is 352 g/mol. The molecule has 138 valence electrons. The standard InChI is InChI=1S/C22H18N4O2/c27-19-11-6-10-17(19)26-20(28)13-12-16(23-26)21-18-9-4-5-14-25(18)24-22(21)15-7-2-1-3-8-15/h1-5,7-9,12-14,17H,6,10-11H2. The third-order valence-electron chi connectivity index (χ3n) is 5.24. The number of ketones is 1. The van der Waals surface area contributed by atoms with Crippen LogP contribution in [0.4, 0.5) is 0 Å². The van der Waals surface area contributed by atoms with Crippen molar-refractivity contribution in [1.29, 1.82) is 0 Å². The second-order valence-electron chi connectivity index (χ2n) is 7.00. The van der Waals surface area contributed by atoms with Gasteiger partial charge in [0.2, 0.25) is 0 Å². The summed E-state index contributed by atoms with van der Waals surface area (Å²) in [5, 5.41) is 9.36. The summed E-state index contributed by atoms with van der Waals surface area (Å²) in [5.41, 5.74) is 3.91. The number of hydrogen-bond acceptors (Lipinski definition) is 4. The maximum absolute atomic E-state index is 12.4. The van der Waals surface area contributed by atoms with E-state index in [1.165, 1.54) is 10.7 Å². The van der Waals surface area contributed by atoms with E-state index in [2.05, 4.69) is 5.10 Å². The first kappa shape index (κ1) is 16.6. The molecule has 0 bridgehead atoms. The van der Waals surface area contributed by atoms with Crippen molar-refractivity contribution in [2.45, 2.75) is 25.3 Å². The molecule has 1 aliphatic rings. The maximum Gasteiger partial charge on any atom is 0.267 e. The zero-order chi connectivity index (χ0) is 19.1. The number of hydrogen-bond donors (Lipinski definition) is 0. The fourth-order valence-corrected chi connectivity index (χ4v) is 3.89. The molecule has 6 nitrogen and oxygen atoms in total. The molecule has 0 saturated heterocycles. The van der Waals surface area contributed by atoms with E-state index in [9.17, 15) is 9.59 Å². The molecule has 1 saturated carbocycles. The minimum absolute atomic E-state index is 0.0786. The van der Waals surface area contributed by atoms with E-state index in [1.54, 1.807) is 6.07 Å². The lowest BCUT2D eigenvalue weighted by Crippen LogP contribution is -2.29. The van der Waals surface area contributed by atoms with E-state index in [-0.39, 0.29) is 11.3 Å². The summed E-state index contributed by atoms with van der Waals surface area (Å²) in [4.78, 5) is 24.6. The summed E-state index contributed by atoms with van der Waals surface area (Å²) in [5.74, 6) is 0.0786. The third-order valence-corrected chi connectivity index (χ3v) is 5.24. The molecule has 1 aromatic carbocycles. The predicted molar refractivity (Wildman–Crippen MR) is 106 cm³/mol. The van der Waals surface area contributed by atoms with E-state index in [0.29, 0.717) is 18.5 Å². The molecule has 0 spiro atoms. The minimum atomic E-state index is -0.463. The van der Waals surface area contributed by atoms with Gasteiger partial charge in [-0.25, -0.2) is 9.20 Å². The number of carbonyl (C=O) groups excluding carboxylic acids is 1. The predicted octanol–water partition coefficient (Wildman–Crippen LogP) is 3.52. The van der Waals surface area contributed by atoms with Gasteiger partial charge in [0.25, 0.3) is 5.56 Å². The molecule has 1 fully saturated rings. The van der Waals surface area contributed by atoms with Crippen molar-refractivity contribution in [3.8, 4) is 22.5 Å². The van der Waals surface area contributed by atoms with Crippen molar-refractivity contribution < 1.29 is 4.79 Å². The van der Waals surface area contributed by atoms with Gasteiger partial charge in [0.15, 0.2) is 5.78 Å². The van der Waals surface area contributed by atoms with Crippen LogP contribution in [0.25, 0.3) is 28.0 Å². The number of fused-ring (bicyclic) bond motifs is 1. The Morgan fingerprint density at radius 1 is 0.893 bits per heavy atom. The highest BCUT2D eigenvalue weighted by molar-refractivity contribution is 5.90. The van der Waals surface area contributed by atoms with Gasteiger partial charge in [-0.05, 0) is 31.0 Å². The molecule has 0 amide bonds. The number of aromatic nitrogens is 4. The van der Waals surface area contributed by atoms with Crippen molar-refractivity contribution in [3.63, 3.8) is 0 Å². The van der Waals surface area contributed by atoms with Gasteiger partial charge in [-0.1, -0.05) is 36.4 Å². The highest BCUT2D eigenvalue weighted by Gasteiger charge is 2.28. The SMILES string of the molecule is O=C1CCCC1n1nc(-c2c(-c3ccccc3)nn3ccccc23)ccc1=O. The largest absolute Gasteiger partial charge is 0.297 e. The van der Waals surface area contributed by atoms with E-state index in [0.717, 1.165) is 28.8 Å². The Balaban J connectivity index is 1.76. The van der Waals surface area contributed by atoms with Gasteiger partial charge in [0, 0.05) is 24.2 Å². The molecule has 3 heterocycles. The van der Waals surface area contributed by atoms with Crippen LogP contribution in [0.2, 0.25) is 0 Å². The van der Waals surface area contributed by atoms with Gasteiger partial charge in [-0.3, -0.25) is 9.59 Å². The second-order valence-corrected chi connectivity index (χ2v) is 7.00. The summed E-state index contributed by atoms with van der Waals surface area (Å²) in [6.07, 6.45) is 3.86. The Morgan fingerprint density at radius 2 is 1.71 bits per heavy atom. The molecule has 4 aromatic rings. The van der Waals surface area contributed by atoms with Crippen molar-refractivity contribution in [3.05, 3.63) is 77.2 Å². The Bertz CT molecular complexity index is 1240. The smallest absolute Gasteiger partial charge is 0.267 e. The number of pyridine rings is 1. The molecule has 3 aromatic heterocycles. The quantitative estimate of drug-likeness (QED) is 0.553. The molecule has 5 rings (SSSR count). The van der Waals surface area contributed by atoms with Gasteiger partial charge in [-0.15, -0.1) is 0 Å². The molecule has 1 unspecified atom stereocenters. The topological polar surface area (TPSA) is 69.3 Å². The van der Waals surface area contributed by atoms with Gasteiger partial charge in [-0.2, -0.15) is 10.2 Å². The second kappa shape index (κ2) is 6.56. The van der Waals surface area contributed by atoms with Crippen molar-refractivity contribution in [1.82, 2.24) is 19.4 Å². The summed E-state index contributed by atoms with van der Waals surface area (Å²) in [6.45, 7) is 0. The monoisotopic (exact) mass is 370 g/mol. The van der Waals surface area contributed by atoms with Gasteiger partial charge in [0.1, 0.15) is 11.7 Å². The van der Waals surface area contributed by atoms with Gasteiger partial charge in [0.05, 0.1) is 16.8 Å². The van der Waals surface area contributed by atoms with Gasteiger partial charge >= 0.3 is 0 Å². The third kappa shape index (κ3) is 2.65. The average molecular weight is 370 g/mol. The average Bonchev–Trinajstić information content (AvgIpc) is 3.33. The lowest BCUT2D eigenvalue weighted by Gasteiger charge is -2.12. The zero-order valence-corrected chi connectivity index (χ0v) is 15.2. The Labute approximate surface area is 161 Å². The molecule has 0 N–H and O–H groups in total. The first-order valence-electron chi connectivity index (χ1n) is 9.38. The number of rotatable bonds is 3. The van der Waals surface area contributed by atoms with Crippen LogP contribution in [-0.4, -0.2) is 25.2 Å². The molecule has 1 aliphatic carbocycles. The normalized spacial score (nSPS) is 16.7. The molecule has 0 radical (unpaired) electrons. The highest BCUT2D eigenvalue weighted by Crippen LogP contribution is 2.34. The number of nitrogens with zero attached hydrogens (tertiary/aromatic N) is 4. The summed E-state index contributed by atoms with van der Waals surface area (Å²) >= 11 is 0. The first-order valence-corrected chi connectivity index (χ1v) is 9.38. The van der Waals surface area contributed by atoms with E-state index in [4.69, 9.17) is 5.10 Å². The van der Waals surface area contributed by atoms with Crippen molar-refractivity contribution in [2.75, 3.05) is 0 Å². The molecule has 6 heteroatoms. The number of carbonyl (C=O) groups is 1. The Morgan fingerprint density at radius 3 is 2.50 bits per heavy atom. The van der Waals surface area contributed by atoms with Crippen molar-refractivity contribution in [2.24, 2.45) is 0 Å². The lowest BCUT2D eigenvalue weighted by molar-refractivity contribution is -0.120. The van der Waals surface area contributed by atoms with Crippen LogP contribution in [0.5, 0.6) is 0 Å². The number of Topliss-reactive ketones (excluding diaryl/α,β-unsaturated/α-hetero) is 1. The first-order chi connectivity index (χ1) is 13.7. The van der Waals surface area contributed by atoms with Crippen LogP contribution in [0.3, 0.4) is 0 Å². The van der Waals surface area contributed by atoms with Crippen molar-refractivity contribution >= 4 is 11.3 Å². The minimum Gasteiger partial charge on any atom is -0.297 e. The zero-order valence-electron chi connectivity index (χ0n) is 15.2. The summed E-state index contributed by atoms with van der Waals surface area (Å²) in [7, 11) is 0. The summed E-state index contributed by atoms with van der Waals surface area (Å²) in [6, 6.07) is 18.5. The fraction of sp³-hybridized carbons (Fsp3) is 0.182. The number of benzene rings is 1. The van der Waals surface area contributed by atoms with E-state index in [1.807, 2.05) is 59.2 Å². The van der Waals surface area contributed by atoms with Crippen LogP contribution in [-0.2, 0) is 4.79 Å². The molecule has 1 atom stereocenters. The van der Waals surface area contributed by atoms with Crippen LogP contribution in [0, 0.1) is 0 Å². The van der Waals surface area contributed by atoms with Crippen LogP contribution >= 0.6 is 0 Å². The maximum atomic E-state index is 12.4. The van der Waals surface area contributed by atoms with Crippen LogP contribution < -0.4 is 5.56 Å².